The summed E-state index contributed by atoms with van der Waals surface area (Å²) in [6, 6.07) is 7.57. The second-order valence-electron chi connectivity index (χ2n) is 8.82. The van der Waals surface area contributed by atoms with Gasteiger partial charge in [0.25, 0.3) is 0 Å². The molecule has 34 heavy (non-hydrogen) atoms. The van der Waals surface area contributed by atoms with E-state index in [1.807, 2.05) is 37.3 Å². The Morgan fingerprint density at radius 1 is 1.09 bits per heavy atom. The maximum absolute atomic E-state index is 13.2. The molecule has 1 aliphatic rings. The Bertz CT molecular complexity index is 968. The molecule has 1 heterocycles. The Labute approximate surface area is 200 Å². The van der Waals surface area contributed by atoms with Crippen molar-refractivity contribution in [2.24, 2.45) is 17.8 Å². The molecule has 2 unspecified atom stereocenters. The molecular formula is C26H33N3O5. The quantitative estimate of drug-likeness (QED) is 0.211. The third-order valence-electron chi connectivity index (χ3n) is 5.68. The number of rotatable bonds is 10. The lowest BCUT2D eigenvalue weighted by molar-refractivity contribution is -0.145. The minimum Gasteiger partial charge on any atom is -0.346 e. The van der Waals surface area contributed by atoms with Crippen LogP contribution in [0.5, 0.6) is 0 Å². The molecule has 4 atom stereocenters. The molecule has 0 aliphatic carbocycles. The zero-order valence-corrected chi connectivity index (χ0v) is 20.0. The summed E-state index contributed by atoms with van der Waals surface area (Å²) in [6.45, 7) is 7.08. The van der Waals surface area contributed by atoms with Crippen LogP contribution in [-0.2, 0) is 24.0 Å². The SMILES string of the molecule is C/C=C/C=C/C(=O)N[C@@H](CC(=O)N[C@H](C(=O)C1C(=O)NC(=O)CC1C)C(C)C)c1ccccc1. The molecule has 1 saturated heterocycles. The molecule has 182 valence electrons. The first-order valence-electron chi connectivity index (χ1n) is 11.5. The van der Waals surface area contributed by atoms with Gasteiger partial charge >= 0.3 is 0 Å². The van der Waals surface area contributed by atoms with Crippen LogP contribution < -0.4 is 16.0 Å². The van der Waals surface area contributed by atoms with E-state index in [9.17, 15) is 24.0 Å². The van der Waals surface area contributed by atoms with Crippen molar-refractivity contribution in [2.75, 3.05) is 0 Å². The van der Waals surface area contributed by atoms with Crippen molar-refractivity contribution in [2.45, 2.75) is 52.6 Å². The Kier molecular flexibility index (Phi) is 9.92. The second-order valence-corrected chi connectivity index (χ2v) is 8.82. The van der Waals surface area contributed by atoms with E-state index in [1.165, 1.54) is 6.08 Å². The molecule has 1 aromatic rings. The Morgan fingerprint density at radius 2 is 1.76 bits per heavy atom. The van der Waals surface area contributed by atoms with Gasteiger partial charge in [-0.1, -0.05) is 69.3 Å². The fourth-order valence-corrected chi connectivity index (χ4v) is 3.93. The zero-order chi connectivity index (χ0) is 25.3. The third kappa shape index (κ3) is 7.50. The number of ketones is 1. The third-order valence-corrected chi connectivity index (χ3v) is 5.68. The van der Waals surface area contributed by atoms with Gasteiger partial charge in [0.15, 0.2) is 5.78 Å². The Morgan fingerprint density at radius 3 is 2.35 bits per heavy atom. The van der Waals surface area contributed by atoms with Crippen molar-refractivity contribution in [3.8, 4) is 0 Å². The van der Waals surface area contributed by atoms with Crippen LogP contribution in [0, 0.1) is 17.8 Å². The Hall–Kier alpha value is -3.55. The normalized spacial score (nSPS) is 20.3. The van der Waals surface area contributed by atoms with Gasteiger partial charge in [0, 0.05) is 12.5 Å². The summed E-state index contributed by atoms with van der Waals surface area (Å²) in [5, 5.41) is 7.80. The van der Waals surface area contributed by atoms with Crippen molar-refractivity contribution in [1.82, 2.24) is 16.0 Å². The molecule has 1 fully saturated rings. The Balaban J connectivity index is 2.16. The lowest BCUT2D eigenvalue weighted by atomic mass is 9.79. The van der Waals surface area contributed by atoms with Crippen molar-refractivity contribution < 1.29 is 24.0 Å². The number of hydrogen-bond acceptors (Lipinski definition) is 5. The van der Waals surface area contributed by atoms with Crippen molar-refractivity contribution in [1.29, 1.82) is 0 Å². The lowest BCUT2D eigenvalue weighted by Crippen LogP contribution is -2.55. The number of piperidine rings is 1. The molecule has 0 bridgehead atoms. The highest BCUT2D eigenvalue weighted by atomic mass is 16.2. The average molecular weight is 468 g/mol. The van der Waals surface area contributed by atoms with Gasteiger partial charge in [0.05, 0.1) is 18.5 Å². The van der Waals surface area contributed by atoms with Gasteiger partial charge in [-0.2, -0.15) is 0 Å². The number of benzene rings is 1. The first kappa shape index (κ1) is 26.7. The van der Waals surface area contributed by atoms with E-state index in [0.29, 0.717) is 0 Å². The van der Waals surface area contributed by atoms with Crippen LogP contribution in [0.15, 0.2) is 54.6 Å². The highest BCUT2D eigenvalue weighted by Crippen LogP contribution is 2.24. The molecule has 1 aromatic carbocycles. The molecule has 3 N–H and O–H groups in total. The number of carbonyl (C=O) groups is 5. The fraction of sp³-hybridized carbons (Fsp3) is 0.423. The van der Waals surface area contributed by atoms with E-state index < -0.39 is 47.4 Å². The number of imide groups is 1. The van der Waals surface area contributed by atoms with E-state index in [-0.39, 0.29) is 24.7 Å². The van der Waals surface area contributed by atoms with Gasteiger partial charge in [-0.05, 0) is 24.3 Å². The van der Waals surface area contributed by atoms with Gasteiger partial charge in [-0.25, -0.2) is 0 Å². The molecule has 8 nitrogen and oxygen atoms in total. The van der Waals surface area contributed by atoms with Crippen LogP contribution in [0.4, 0.5) is 0 Å². The maximum Gasteiger partial charge on any atom is 0.244 e. The highest BCUT2D eigenvalue weighted by Gasteiger charge is 2.42. The van der Waals surface area contributed by atoms with Gasteiger partial charge in [0.2, 0.25) is 23.6 Å². The minimum atomic E-state index is -1.01. The van der Waals surface area contributed by atoms with E-state index >= 15 is 0 Å². The number of amides is 4. The van der Waals surface area contributed by atoms with Gasteiger partial charge < -0.3 is 10.6 Å². The molecule has 0 spiro atoms. The van der Waals surface area contributed by atoms with Crippen LogP contribution in [0.25, 0.3) is 0 Å². The van der Waals surface area contributed by atoms with Crippen LogP contribution in [0.1, 0.15) is 52.1 Å². The van der Waals surface area contributed by atoms with Gasteiger partial charge in [0.1, 0.15) is 5.92 Å². The number of nitrogens with one attached hydrogen (secondary N) is 3. The molecular weight excluding hydrogens is 434 g/mol. The van der Waals surface area contributed by atoms with Crippen molar-refractivity contribution in [3.05, 3.63) is 60.2 Å². The monoisotopic (exact) mass is 467 g/mol. The highest BCUT2D eigenvalue weighted by molar-refractivity contribution is 6.11. The van der Waals surface area contributed by atoms with E-state index in [4.69, 9.17) is 0 Å². The predicted molar refractivity (Wildman–Crippen MR) is 128 cm³/mol. The van der Waals surface area contributed by atoms with Crippen molar-refractivity contribution in [3.63, 3.8) is 0 Å². The summed E-state index contributed by atoms with van der Waals surface area (Å²) in [5.74, 6) is -3.98. The molecule has 2 rings (SSSR count). The fourth-order valence-electron chi connectivity index (χ4n) is 3.93. The largest absolute Gasteiger partial charge is 0.346 e. The number of carbonyl (C=O) groups excluding carboxylic acids is 5. The van der Waals surface area contributed by atoms with E-state index in [0.717, 1.165) is 5.56 Å². The number of allylic oxidation sites excluding steroid dienone is 3. The zero-order valence-electron chi connectivity index (χ0n) is 20.0. The number of hydrogen-bond donors (Lipinski definition) is 3. The van der Waals surface area contributed by atoms with Crippen LogP contribution in [-0.4, -0.2) is 35.5 Å². The maximum atomic E-state index is 13.2. The van der Waals surface area contributed by atoms with Gasteiger partial charge in [-0.15, -0.1) is 0 Å². The molecule has 1 aliphatic heterocycles. The minimum absolute atomic E-state index is 0.0732. The molecule has 4 amide bonds. The van der Waals surface area contributed by atoms with E-state index in [1.54, 1.807) is 39.0 Å². The topological polar surface area (TPSA) is 121 Å². The molecule has 0 radical (unpaired) electrons. The first-order valence-corrected chi connectivity index (χ1v) is 11.5. The summed E-state index contributed by atoms with van der Waals surface area (Å²) in [7, 11) is 0. The molecule has 8 heteroatoms. The van der Waals surface area contributed by atoms with Crippen LogP contribution >= 0.6 is 0 Å². The first-order chi connectivity index (χ1) is 16.1. The average Bonchev–Trinajstić information content (AvgIpc) is 2.76. The second kappa shape index (κ2) is 12.6. The van der Waals surface area contributed by atoms with Gasteiger partial charge in [-0.3, -0.25) is 29.3 Å². The summed E-state index contributed by atoms with van der Waals surface area (Å²) in [4.78, 5) is 62.5. The lowest BCUT2D eigenvalue weighted by Gasteiger charge is -2.31. The summed E-state index contributed by atoms with van der Waals surface area (Å²) >= 11 is 0. The molecule has 0 saturated carbocycles. The van der Waals surface area contributed by atoms with E-state index in [2.05, 4.69) is 16.0 Å². The summed E-state index contributed by atoms with van der Waals surface area (Å²) in [6.07, 6.45) is 6.47. The van der Waals surface area contributed by atoms with Crippen LogP contribution in [0.2, 0.25) is 0 Å². The smallest absolute Gasteiger partial charge is 0.244 e. The molecule has 0 aromatic heterocycles. The number of Topliss-reactive ketones (excluding diaryl/α,β-unsaturated/α-hetero) is 1. The summed E-state index contributed by atoms with van der Waals surface area (Å²) in [5.41, 5.74) is 0.747. The standard InChI is InChI=1S/C26H33N3O5/c1-5-6-8-13-20(30)27-19(18-11-9-7-10-12-18)15-22(32)28-24(16(2)3)25(33)23-17(4)14-21(31)29-26(23)34/h5-13,16-17,19,23-24H,14-15H2,1-4H3,(H,27,30)(H,28,32)(H,29,31,34)/b6-5+,13-8+/t17?,19-,23?,24-/m0/s1. The van der Waals surface area contributed by atoms with Crippen LogP contribution in [0.3, 0.4) is 0 Å². The van der Waals surface area contributed by atoms with Crippen molar-refractivity contribution >= 4 is 29.4 Å². The predicted octanol–water partition coefficient (Wildman–Crippen LogP) is 2.38. The summed E-state index contributed by atoms with van der Waals surface area (Å²) < 4.78 is 0.